The van der Waals surface area contributed by atoms with E-state index in [1.54, 1.807) is 14.0 Å². The van der Waals surface area contributed by atoms with Gasteiger partial charge in [-0.1, -0.05) is 0 Å². The Morgan fingerprint density at radius 3 is 2.25 bits per heavy atom. The number of hydrogen-bond donors (Lipinski definition) is 3. The Bertz CT molecular complexity index is 278. The standard InChI is InChI=1S/C10H18N2O4/c1-6(7(2)13)12-10(16)8(11-3)4-5-9(14)15/h6,8,11H,4-5H2,1-3H3,(H,12,16)(H,14,15)/t6-,8+/m0/s1. The van der Waals surface area contributed by atoms with E-state index in [0.29, 0.717) is 0 Å². The Labute approximate surface area is 94.4 Å². The fraction of sp³-hybridized carbons (Fsp3) is 0.700. The van der Waals surface area contributed by atoms with Gasteiger partial charge in [-0.2, -0.15) is 0 Å². The largest absolute Gasteiger partial charge is 0.481 e. The Morgan fingerprint density at radius 2 is 1.88 bits per heavy atom. The molecule has 0 rings (SSSR count). The molecule has 3 N–H and O–H groups in total. The molecule has 1 amide bonds. The molecule has 16 heavy (non-hydrogen) atoms. The Balaban J connectivity index is 4.20. The highest BCUT2D eigenvalue weighted by Crippen LogP contribution is 1.98. The highest BCUT2D eigenvalue weighted by atomic mass is 16.4. The topological polar surface area (TPSA) is 95.5 Å². The molecule has 0 saturated carbocycles. The molecular formula is C10H18N2O4. The first kappa shape index (κ1) is 14.6. The van der Waals surface area contributed by atoms with E-state index in [9.17, 15) is 14.4 Å². The van der Waals surface area contributed by atoms with Gasteiger partial charge in [0, 0.05) is 6.42 Å². The second kappa shape index (κ2) is 6.95. The molecule has 0 unspecified atom stereocenters. The van der Waals surface area contributed by atoms with E-state index in [4.69, 9.17) is 5.11 Å². The average molecular weight is 230 g/mol. The minimum Gasteiger partial charge on any atom is -0.481 e. The molecule has 0 aromatic rings. The Hall–Kier alpha value is -1.43. The Morgan fingerprint density at radius 1 is 1.31 bits per heavy atom. The molecule has 92 valence electrons. The van der Waals surface area contributed by atoms with Crippen molar-refractivity contribution in [3.8, 4) is 0 Å². The van der Waals surface area contributed by atoms with Crippen molar-refractivity contribution in [2.75, 3.05) is 7.05 Å². The number of nitrogens with one attached hydrogen (secondary N) is 2. The summed E-state index contributed by atoms with van der Waals surface area (Å²) in [5, 5.41) is 13.7. The van der Waals surface area contributed by atoms with Crippen LogP contribution in [0.2, 0.25) is 0 Å². The molecule has 0 aliphatic heterocycles. The summed E-state index contributed by atoms with van der Waals surface area (Å²) < 4.78 is 0. The van der Waals surface area contributed by atoms with Crippen LogP contribution in [0.15, 0.2) is 0 Å². The predicted octanol–water partition coefficient (Wildman–Crippen LogP) is -0.467. The molecule has 6 nitrogen and oxygen atoms in total. The minimum absolute atomic E-state index is 0.0899. The molecule has 0 bridgehead atoms. The van der Waals surface area contributed by atoms with Crippen LogP contribution in [0, 0.1) is 0 Å². The third-order valence-electron chi connectivity index (χ3n) is 2.28. The number of aliphatic carboxylic acids is 1. The molecule has 0 aromatic heterocycles. The van der Waals surface area contributed by atoms with Crippen molar-refractivity contribution in [1.82, 2.24) is 10.6 Å². The lowest BCUT2D eigenvalue weighted by molar-refractivity contribution is -0.137. The van der Waals surface area contributed by atoms with Gasteiger partial charge in [-0.05, 0) is 27.3 Å². The van der Waals surface area contributed by atoms with Gasteiger partial charge in [-0.25, -0.2) is 0 Å². The quantitative estimate of drug-likeness (QED) is 0.549. The number of amides is 1. The summed E-state index contributed by atoms with van der Waals surface area (Å²) in [7, 11) is 1.57. The SMILES string of the molecule is CN[C@H](CCC(=O)O)C(=O)N[C@@H](C)C(C)=O. The first-order chi connectivity index (χ1) is 7.38. The zero-order valence-electron chi connectivity index (χ0n) is 9.74. The van der Waals surface area contributed by atoms with Crippen LogP contribution in [-0.2, 0) is 14.4 Å². The number of likely N-dealkylation sites (N-methyl/N-ethyl adjacent to an activating group) is 1. The van der Waals surface area contributed by atoms with Gasteiger partial charge in [-0.15, -0.1) is 0 Å². The van der Waals surface area contributed by atoms with Gasteiger partial charge in [0.05, 0.1) is 12.1 Å². The van der Waals surface area contributed by atoms with E-state index >= 15 is 0 Å². The number of hydrogen-bond acceptors (Lipinski definition) is 4. The lowest BCUT2D eigenvalue weighted by atomic mass is 10.1. The number of carbonyl (C=O) groups is 3. The molecule has 0 fully saturated rings. The number of Topliss-reactive ketones (excluding diaryl/α,β-unsaturated/α-hetero) is 1. The minimum atomic E-state index is -0.951. The fourth-order valence-electron chi connectivity index (χ4n) is 1.09. The number of carboxylic acids is 1. The molecule has 2 atom stereocenters. The van der Waals surface area contributed by atoms with Crippen molar-refractivity contribution in [3.05, 3.63) is 0 Å². The molecule has 6 heteroatoms. The molecule has 0 aliphatic rings. The van der Waals surface area contributed by atoms with E-state index in [0.717, 1.165) is 0 Å². The summed E-state index contributed by atoms with van der Waals surface area (Å²) in [5.41, 5.74) is 0. The number of carbonyl (C=O) groups excluding carboxylic acids is 2. The maximum absolute atomic E-state index is 11.6. The van der Waals surface area contributed by atoms with Crippen LogP contribution in [0.1, 0.15) is 26.7 Å². The molecule has 0 saturated heterocycles. The van der Waals surface area contributed by atoms with Crippen molar-refractivity contribution < 1.29 is 19.5 Å². The van der Waals surface area contributed by atoms with Gasteiger partial charge in [0.25, 0.3) is 0 Å². The summed E-state index contributed by atoms with van der Waals surface area (Å²) in [6, 6.07) is -1.13. The van der Waals surface area contributed by atoms with Crippen LogP contribution >= 0.6 is 0 Å². The summed E-state index contributed by atoms with van der Waals surface area (Å²) in [6.45, 7) is 2.97. The number of ketones is 1. The summed E-state index contributed by atoms with van der Waals surface area (Å²) in [4.78, 5) is 32.9. The van der Waals surface area contributed by atoms with Crippen molar-refractivity contribution in [3.63, 3.8) is 0 Å². The van der Waals surface area contributed by atoms with Gasteiger partial charge in [-0.3, -0.25) is 14.4 Å². The van der Waals surface area contributed by atoms with Crippen LogP contribution in [0.5, 0.6) is 0 Å². The van der Waals surface area contributed by atoms with E-state index < -0.39 is 18.1 Å². The van der Waals surface area contributed by atoms with Crippen LogP contribution < -0.4 is 10.6 Å². The normalized spacial score (nSPS) is 13.9. The second-order valence-electron chi connectivity index (χ2n) is 3.61. The molecule has 0 aliphatic carbocycles. The summed E-state index contributed by atoms with van der Waals surface area (Å²) >= 11 is 0. The van der Waals surface area contributed by atoms with E-state index in [1.807, 2.05) is 0 Å². The first-order valence-corrected chi connectivity index (χ1v) is 5.08. The second-order valence-corrected chi connectivity index (χ2v) is 3.61. The fourth-order valence-corrected chi connectivity index (χ4v) is 1.09. The van der Waals surface area contributed by atoms with Crippen molar-refractivity contribution in [1.29, 1.82) is 0 Å². The van der Waals surface area contributed by atoms with Crippen molar-refractivity contribution in [2.45, 2.75) is 38.8 Å². The molecule has 0 radical (unpaired) electrons. The first-order valence-electron chi connectivity index (χ1n) is 5.08. The maximum atomic E-state index is 11.6. The smallest absolute Gasteiger partial charge is 0.303 e. The van der Waals surface area contributed by atoms with Gasteiger partial charge in [0.15, 0.2) is 5.78 Å². The van der Waals surface area contributed by atoms with E-state index in [1.165, 1.54) is 6.92 Å². The Kier molecular flexibility index (Phi) is 6.32. The van der Waals surface area contributed by atoms with Crippen LogP contribution in [-0.4, -0.2) is 41.9 Å². The highest BCUT2D eigenvalue weighted by Gasteiger charge is 2.20. The van der Waals surface area contributed by atoms with E-state index in [2.05, 4.69) is 10.6 Å². The molecule has 0 spiro atoms. The van der Waals surface area contributed by atoms with Crippen LogP contribution in [0.4, 0.5) is 0 Å². The van der Waals surface area contributed by atoms with Crippen LogP contribution in [0.25, 0.3) is 0 Å². The lowest BCUT2D eigenvalue weighted by Gasteiger charge is -2.17. The third kappa shape index (κ3) is 5.45. The number of rotatable bonds is 7. The van der Waals surface area contributed by atoms with Gasteiger partial charge >= 0.3 is 5.97 Å². The summed E-state index contributed by atoms with van der Waals surface area (Å²) in [6.07, 6.45) is 0.107. The average Bonchev–Trinajstić information content (AvgIpc) is 2.17. The van der Waals surface area contributed by atoms with Crippen LogP contribution in [0.3, 0.4) is 0 Å². The maximum Gasteiger partial charge on any atom is 0.303 e. The van der Waals surface area contributed by atoms with Gasteiger partial charge in [0.2, 0.25) is 5.91 Å². The van der Waals surface area contributed by atoms with Crippen molar-refractivity contribution in [2.24, 2.45) is 0 Å². The van der Waals surface area contributed by atoms with E-state index in [-0.39, 0.29) is 24.5 Å². The lowest BCUT2D eigenvalue weighted by Crippen LogP contribution is -2.48. The predicted molar refractivity (Wildman–Crippen MR) is 58.0 cm³/mol. The third-order valence-corrected chi connectivity index (χ3v) is 2.28. The summed E-state index contributed by atoms with van der Waals surface area (Å²) in [5.74, 6) is -1.44. The van der Waals surface area contributed by atoms with Gasteiger partial charge in [0.1, 0.15) is 0 Å². The van der Waals surface area contributed by atoms with Gasteiger partial charge < -0.3 is 15.7 Å². The molecule has 0 aromatic carbocycles. The van der Waals surface area contributed by atoms with Crippen molar-refractivity contribution >= 4 is 17.7 Å². The monoisotopic (exact) mass is 230 g/mol. The zero-order valence-corrected chi connectivity index (χ0v) is 9.74. The zero-order chi connectivity index (χ0) is 12.7. The highest BCUT2D eigenvalue weighted by molar-refractivity contribution is 5.89. The molecular weight excluding hydrogens is 212 g/mol. The molecule has 0 heterocycles. The number of carboxylic acid groups (broad SMARTS) is 1.